The van der Waals surface area contributed by atoms with Crippen molar-refractivity contribution in [2.45, 2.75) is 52.1 Å². The van der Waals surface area contributed by atoms with Crippen molar-refractivity contribution in [3.63, 3.8) is 0 Å². The fourth-order valence-electron chi connectivity index (χ4n) is 3.27. The first-order valence-corrected chi connectivity index (χ1v) is 12.5. The van der Waals surface area contributed by atoms with Crippen molar-refractivity contribution in [1.82, 2.24) is 14.8 Å². The molecule has 0 radical (unpaired) electrons. The number of thioether (sulfide) groups is 1. The van der Waals surface area contributed by atoms with Gasteiger partial charge in [-0.05, 0) is 37.3 Å². The molecule has 1 aromatic carbocycles. The number of ether oxygens (including phenoxy) is 1. The molecule has 3 aromatic rings. The molecule has 0 aliphatic carbocycles. The fraction of sp³-hybridized carbons (Fsp3) is 0.417. The van der Waals surface area contributed by atoms with Crippen molar-refractivity contribution >= 4 is 40.0 Å². The molecule has 0 aliphatic heterocycles. The zero-order valence-electron chi connectivity index (χ0n) is 20.1. The van der Waals surface area contributed by atoms with Gasteiger partial charge in [-0.25, -0.2) is 4.79 Å². The van der Waals surface area contributed by atoms with E-state index < -0.39 is 5.97 Å². The summed E-state index contributed by atoms with van der Waals surface area (Å²) >= 11 is 2.68. The number of nitrogens with one attached hydrogen (secondary N) is 1. The van der Waals surface area contributed by atoms with E-state index in [4.69, 9.17) is 4.74 Å². The van der Waals surface area contributed by atoms with Crippen molar-refractivity contribution in [1.29, 1.82) is 0 Å². The van der Waals surface area contributed by atoms with Crippen LogP contribution < -0.4 is 5.32 Å². The maximum absolute atomic E-state index is 12.6. The van der Waals surface area contributed by atoms with Crippen LogP contribution in [0.4, 0.5) is 5.00 Å². The van der Waals surface area contributed by atoms with E-state index in [0.29, 0.717) is 15.7 Å². The Bertz CT molecular complexity index is 1160. The van der Waals surface area contributed by atoms with E-state index in [2.05, 4.69) is 48.4 Å². The lowest BCUT2D eigenvalue weighted by atomic mass is 9.87. The molecule has 1 amide bonds. The molecule has 0 atom stereocenters. The van der Waals surface area contributed by atoms with Gasteiger partial charge in [-0.3, -0.25) is 4.79 Å². The third kappa shape index (κ3) is 5.65. The van der Waals surface area contributed by atoms with Crippen molar-refractivity contribution in [3.05, 3.63) is 45.8 Å². The van der Waals surface area contributed by atoms with Crippen LogP contribution in [0.1, 0.15) is 54.1 Å². The zero-order valence-corrected chi connectivity index (χ0v) is 21.7. The van der Waals surface area contributed by atoms with E-state index in [-0.39, 0.29) is 23.7 Å². The van der Waals surface area contributed by atoms with Crippen LogP contribution in [0, 0.1) is 13.8 Å². The molecule has 0 aliphatic rings. The summed E-state index contributed by atoms with van der Waals surface area (Å²) in [5.41, 5.74) is 3.56. The molecular weight excluding hydrogens is 456 g/mol. The van der Waals surface area contributed by atoms with Gasteiger partial charge >= 0.3 is 5.97 Å². The van der Waals surface area contributed by atoms with Gasteiger partial charge in [-0.2, -0.15) is 0 Å². The molecule has 0 fully saturated rings. The highest BCUT2D eigenvalue weighted by Gasteiger charge is 2.22. The average molecular weight is 487 g/mol. The van der Waals surface area contributed by atoms with Crippen LogP contribution >= 0.6 is 23.1 Å². The number of thiophene rings is 1. The number of carbonyl (C=O) groups is 2. The minimum Gasteiger partial charge on any atom is -0.462 e. The Labute approximate surface area is 203 Å². The van der Waals surface area contributed by atoms with Gasteiger partial charge in [0.1, 0.15) is 5.00 Å². The Hall–Kier alpha value is -2.65. The second-order valence-electron chi connectivity index (χ2n) is 8.74. The van der Waals surface area contributed by atoms with Crippen LogP contribution in [-0.4, -0.2) is 39.0 Å². The van der Waals surface area contributed by atoms with Gasteiger partial charge in [0, 0.05) is 17.5 Å². The lowest BCUT2D eigenvalue weighted by Crippen LogP contribution is -2.16. The van der Waals surface area contributed by atoms with Gasteiger partial charge in [0.2, 0.25) is 5.91 Å². The largest absolute Gasteiger partial charge is 0.462 e. The minimum atomic E-state index is -0.419. The van der Waals surface area contributed by atoms with E-state index >= 15 is 0 Å². The van der Waals surface area contributed by atoms with E-state index in [0.717, 1.165) is 21.8 Å². The van der Waals surface area contributed by atoms with Gasteiger partial charge in [0.25, 0.3) is 0 Å². The van der Waals surface area contributed by atoms with Gasteiger partial charge < -0.3 is 14.6 Å². The molecule has 7 nitrogen and oxygen atoms in total. The summed E-state index contributed by atoms with van der Waals surface area (Å²) in [7, 11) is 1.89. The Kier molecular flexibility index (Phi) is 7.64. The number of hydrogen-bond acceptors (Lipinski definition) is 7. The van der Waals surface area contributed by atoms with Crippen molar-refractivity contribution in [2.75, 3.05) is 17.7 Å². The molecule has 176 valence electrons. The Morgan fingerprint density at radius 3 is 2.42 bits per heavy atom. The monoisotopic (exact) mass is 486 g/mol. The van der Waals surface area contributed by atoms with Crippen molar-refractivity contribution < 1.29 is 14.3 Å². The third-order valence-electron chi connectivity index (χ3n) is 5.29. The number of rotatable bonds is 7. The molecule has 2 aromatic heterocycles. The van der Waals surface area contributed by atoms with E-state index in [1.54, 1.807) is 6.92 Å². The summed E-state index contributed by atoms with van der Waals surface area (Å²) in [5.74, 6) is 0.254. The first-order valence-electron chi connectivity index (χ1n) is 10.7. The van der Waals surface area contributed by atoms with E-state index in [1.807, 2.05) is 37.6 Å². The van der Waals surface area contributed by atoms with Crippen LogP contribution in [0.3, 0.4) is 0 Å². The maximum Gasteiger partial charge on any atom is 0.341 e. The summed E-state index contributed by atoms with van der Waals surface area (Å²) in [6, 6.07) is 8.31. The summed E-state index contributed by atoms with van der Waals surface area (Å²) in [6.07, 6.45) is 0. The number of nitrogens with zero attached hydrogens (tertiary/aromatic N) is 3. The number of carbonyl (C=O) groups excluding carboxylic acids is 2. The number of aromatic nitrogens is 3. The number of hydrogen-bond donors (Lipinski definition) is 1. The molecule has 0 saturated carbocycles. The first-order chi connectivity index (χ1) is 15.5. The standard InChI is InChI=1S/C24H30N4O3S2/c1-8-31-22(30)19-14(2)15(3)33-21(19)25-18(29)13-32-23-27-26-20(28(23)7)16-9-11-17(12-10-16)24(4,5)6/h9-12H,8,13H2,1-7H3,(H,25,29). The van der Waals surface area contributed by atoms with Crippen LogP contribution in [0.5, 0.6) is 0 Å². The summed E-state index contributed by atoms with van der Waals surface area (Å²) in [6.45, 7) is 12.4. The Morgan fingerprint density at radius 2 is 1.82 bits per heavy atom. The summed E-state index contributed by atoms with van der Waals surface area (Å²) < 4.78 is 7.03. The number of esters is 1. The molecule has 0 unspecified atom stereocenters. The Morgan fingerprint density at radius 1 is 1.15 bits per heavy atom. The number of benzene rings is 1. The van der Waals surface area contributed by atoms with Crippen LogP contribution in [-0.2, 0) is 22.0 Å². The first kappa shape index (κ1) is 25.0. The van der Waals surface area contributed by atoms with Gasteiger partial charge in [-0.1, -0.05) is 56.8 Å². The predicted molar refractivity (Wildman–Crippen MR) is 134 cm³/mol. The normalized spacial score (nSPS) is 11.5. The minimum absolute atomic E-state index is 0.0829. The molecule has 2 heterocycles. The molecule has 1 N–H and O–H groups in total. The van der Waals surface area contributed by atoms with E-state index in [9.17, 15) is 9.59 Å². The van der Waals surface area contributed by atoms with E-state index in [1.165, 1.54) is 28.7 Å². The molecular formula is C24H30N4O3S2. The average Bonchev–Trinajstić information content (AvgIpc) is 3.25. The van der Waals surface area contributed by atoms with Crippen molar-refractivity contribution in [3.8, 4) is 11.4 Å². The predicted octanol–water partition coefficient (Wildman–Crippen LogP) is 5.37. The molecule has 0 saturated heterocycles. The van der Waals surface area contributed by atoms with Crippen LogP contribution in [0.25, 0.3) is 11.4 Å². The highest BCUT2D eigenvalue weighted by Crippen LogP contribution is 2.33. The highest BCUT2D eigenvalue weighted by molar-refractivity contribution is 7.99. The summed E-state index contributed by atoms with van der Waals surface area (Å²) in [5, 5.41) is 12.6. The number of amides is 1. The molecule has 0 bridgehead atoms. The Balaban J connectivity index is 1.68. The molecule has 0 spiro atoms. The van der Waals surface area contributed by atoms with Gasteiger partial charge in [0.15, 0.2) is 11.0 Å². The number of anilines is 1. The lowest BCUT2D eigenvalue weighted by Gasteiger charge is -2.19. The lowest BCUT2D eigenvalue weighted by molar-refractivity contribution is -0.113. The quantitative estimate of drug-likeness (QED) is 0.357. The van der Waals surface area contributed by atoms with Gasteiger partial charge in [0.05, 0.1) is 17.9 Å². The zero-order chi connectivity index (χ0) is 24.3. The molecule has 33 heavy (non-hydrogen) atoms. The highest BCUT2D eigenvalue weighted by atomic mass is 32.2. The third-order valence-corrected chi connectivity index (χ3v) is 7.44. The van der Waals surface area contributed by atoms with Crippen LogP contribution in [0.15, 0.2) is 29.4 Å². The second-order valence-corrected chi connectivity index (χ2v) is 10.9. The molecule has 9 heteroatoms. The van der Waals surface area contributed by atoms with Crippen molar-refractivity contribution in [2.24, 2.45) is 7.05 Å². The topological polar surface area (TPSA) is 86.1 Å². The SMILES string of the molecule is CCOC(=O)c1c(NC(=O)CSc2nnc(-c3ccc(C(C)(C)C)cc3)n2C)sc(C)c1C. The smallest absolute Gasteiger partial charge is 0.341 e. The fourth-order valence-corrected chi connectivity index (χ4v) is 5.04. The second kappa shape index (κ2) is 10.1. The van der Waals surface area contributed by atoms with Crippen LogP contribution in [0.2, 0.25) is 0 Å². The molecule has 3 rings (SSSR count). The van der Waals surface area contributed by atoms with Gasteiger partial charge in [-0.15, -0.1) is 21.5 Å². The number of aryl methyl sites for hydroxylation is 1. The maximum atomic E-state index is 12.6. The summed E-state index contributed by atoms with van der Waals surface area (Å²) in [4.78, 5) is 25.9.